The van der Waals surface area contributed by atoms with E-state index in [4.69, 9.17) is 11.6 Å². The Morgan fingerprint density at radius 1 is 1.45 bits per heavy atom. The van der Waals surface area contributed by atoms with Crippen LogP contribution in [0.15, 0.2) is 42.0 Å². The lowest BCUT2D eigenvalue weighted by atomic mass is 10.3. The summed E-state index contributed by atoms with van der Waals surface area (Å²) in [6, 6.07) is 3.45. The highest BCUT2D eigenvalue weighted by molar-refractivity contribution is 7.91. The number of carbonyl (C=O) groups excluding carboxylic acids is 1. The summed E-state index contributed by atoms with van der Waals surface area (Å²) in [7, 11) is -3.67. The lowest BCUT2D eigenvalue weighted by Gasteiger charge is -2.03. The van der Waals surface area contributed by atoms with Gasteiger partial charge in [-0.1, -0.05) is 17.7 Å². The second-order valence-corrected chi connectivity index (χ2v) is 6.77. The maximum atomic E-state index is 11.8. The van der Waals surface area contributed by atoms with Crippen LogP contribution in [0, 0.1) is 0 Å². The molecule has 0 radical (unpaired) electrons. The lowest BCUT2D eigenvalue weighted by Crippen LogP contribution is -2.28. The van der Waals surface area contributed by atoms with E-state index in [1.165, 1.54) is 18.6 Å². The first-order chi connectivity index (χ1) is 10.4. The van der Waals surface area contributed by atoms with E-state index in [1.807, 2.05) is 0 Å². The molecule has 0 aliphatic rings. The number of halogens is 1. The zero-order valence-corrected chi connectivity index (χ0v) is 12.8. The Bertz CT molecular complexity index is 773. The van der Waals surface area contributed by atoms with E-state index in [0.29, 0.717) is 10.6 Å². The number of rotatable bonds is 6. The standard InChI is InChI=1S/C12H12ClN5O3S/c13-11-6-16-18(7-11)9-22(20,21)8-12(19)17-15-5-10-2-1-3-14-4-10/h1-7H,8-9H2,(H,17,19)/b15-5+. The van der Waals surface area contributed by atoms with Crippen LogP contribution >= 0.6 is 11.6 Å². The summed E-state index contributed by atoms with van der Waals surface area (Å²) < 4.78 is 24.8. The first-order valence-electron chi connectivity index (χ1n) is 6.05. The van der Waals surface area contributed by atoms with Gasteiger partial charge in [-0.15, -0.1) is 0 Å². The van der Waals surface area contributed by atoms with E-state index in [2.05, 4.69) is 20.6 Å². The van der Waals surface area contributed by atoms with E-state index >= 15 is 0 Å². The van der Waals surface area contributed by atoms with Crippen molar-refractivity contribution in [2.45, 2.75) is 5.88 Å². The molecule has 0 fully saturated rings. The number of nitrogens with one attached hydrogen (secondary N) is 1. The summed E-state index contributed by atoms with van der Waals surface area (Å²) in [4.78, 5) is 15.4. The third-order valence-corrected chi connectivity index (χ3v) is 3.92. The number of sulfone groups is 1. The van der Waals surface area contributed by atoms with Crippen molar-refractivity contribution < 1.29 is 13.2 Å². The van der Waals surface area contributed by atoms with Crippen molar-refractivity contribution in [1.29, 1.82) is 0 Å². The quantitative estimate of drug-likeness (QED) is 0.606. The zero-order valence-electron chi connectivity index (χ0n) is 11.3. The number of aromatic nitrogens is 3. The Morgan fingerprint density at radius 2 is 2.27 bits per heavy atom. The topological polar surface area (TPSA) is 106 Å². The monoisotopic (exact) mass is 341 g/mol. The third-order valence-electron chi connectivity index (χ3n) is 2.37. The number of hydrazone groups is 1. The van der Waals surface area contributed by atoms with E-state index < -0.39 is 27.4 Å². The van der Waals surface area contributed by atoms with Crippen LogP contribution in [0.3, 0.4) is 0 Å². The largest absolute Gasteiger partial charge is 0.272 e. The SMILES string of the molecule is O=C(CS(=O)(=O)Cn1cc(Cl)cn1)N/N=C/c1cccnc1. The Morgan fingerprint density at radius 3 is 2.91 bits per heavy atom. The summed E-state index contributed by atoms with van der Waals surface area (Å²) in [5, 5.41) is 7.73. The summed E-state index contributed by atoms with van der Waals surface area (Å²) in [6.45, 7) is 0. The average molecular weight is 342 g/mol. The van der Waals surface area contributed by atoms with Crippen LogP contribution in [0.4, 0.5) is 0 Å². The molecular weight excluding hydrogens is 330 g/mol. The Hall–Kier alpha value is -2.26. The summed E-state index contributed by atoms with van der Waals surface area (Å²) in [5.74, 6) is -1.87. The second kappa shape index (κ2) is 7.14. The molecule has 2 aromatic heterocycles. The van der Waals surface area contributed by atoms with Crippen LogP contribution in [0.5, 0.6) is 0 Å². The molecule has 0 aliphatic heterocycles. The summed E-state index contributed by atoms with van der Waals surface area (Å²) >= 11 is 5.64. The minimum atomic E-state index is -3.67. The molecule has 1 amide bonds. The minimum absolute atomic E-state index is 0.320. The van der Waals surface area contributed by atoms with Gasteiger partial charge in [0.1, 0.15) is 11.6 Å². The highest BCUT2D eigenvalue weighted by Gasteiger charge is 2.17. The molecule has 1 N–H and O–H groups in total. The average Bonchev–Trinajstić information content (AvgIpc) is 2.83. The van der Waals surface area contributed by atoms with Gasteiger partial charge in [-0.2, -0.15) is 10.2 Å². The molecule has 0 aromatic carbocycles. The maximum Gasteiger partial charge on any atom is 0.255 e. The minimum Gasteiger partial charge on any atom is -0.272 e. The molecule has 0 aliphatic carbocycles. The molecule has 2 heterocycles. The fourth-order valence-corrected chi connectivity index (χ4v) is 2.78. The Balaban J connectivity index is 1.87. The predicted octanol–water partition coefficient (Wildman–Crippen LogP) is 0.454. The molecular formula is C12H12ClN5O3S. The number of amides is 1. The van der Waals surface area contributed by atoms with Crippen molar-refractivity contribution in [3.8, 4) is 0 Å². The van der Waals surface area contributed by atoms with Gasteiger partial charge in [-0.3, -0.25) is 14.5 Å². The molecule has 10 heteroatoms. The van der Waals surface area contributed by atoms with Gasteiger partial charge in [0.2, 0.25) is 0 Å². The third kappa shape index (κ3) is 5.26. The fourth-order valence-electron chi connectivity index (χ4n) is 1.52. The normalized spacial score (nSPS) is 11.7. The van der Waals surface area contributed by atoms with Gasteiger partial charge in [0.25, 0.3) is 5.91 Å². The van der Waals surface area contributed by atoms with E-state index in [-0.39, 0.29) is 0 Å². The van der Waals surface area contributed by atoms with E-state index in [9.17, 15) is 13.2 Å². The zero-order chi connectivity index (χ0) is 16.0. The molecule has 116 valence electrons. The first-order valence-corrected chi connectivity index (χ1v) is 8.25. The number of carbonyl (C=O) groups is 1. The van der Waals surface area contributed by atoms with Gasteiger partial charge in [0.15, 0.2) is 9.84 Å². The van der Waals surface area contributed by atoms with Crippen molar-refractivity contribution in [3.05, 3.63) is 47.5 Å². The lowest BCUT2D eigenvalue weighted by molar-refractivity contribution is -0.118. The molecule has 0 saturated carbocycles. The maximum absolute atomic E-state index is 11.8. The number of hydrogen-bond acceptors (Lipinski definition) is 6. The molecule has 0 atom stereocenters. The van der Waals surface area contributed by atoms with Crippen LogP contribution in [-0.2, 0) is 20.5 Å². The van der Waals surface area contributed by atoms with Gasteiger partial charge < -0.3 is 0 Å². The van der Waals surface area contributed by atoms with Crippen LogP contribution in [0.25, 0.3) is 0 Å². The molecule has 0 spiro atoms. The van der Waals surface area contributed by atoms with Gasteiger partial charge >= 0.3 is 0 Å². The fraction of sp³-hybridized carbons (Fsp3) is 0.167. The van der Waals surface area contributed by atoms with Crippen LogP contribution in [-0.4, -0.2) is 41.1 Å². The summed E-state index contributed by atoms with van der Waals surface area (Å²) in [5.41, 5.74) is 2.82. The molecule has 2 rings (SSSR count). The molecule has 0 bridgehead atoms. The van der Waals surface area contributed by atoms with Gasteiger partial charge in [-0.25, -0.2) is 13.8 Å². The van der Waals surface area contributed by atoms with Crippen LogP contribution < -0.4 is 5.43 Å². The molecule has 22 heavy (non-hydrogen) atoms. The summed E-state index contributed by atoms with van der Waals surface area (Å²) in [6.07, 6.45) is 7.19. The highest BCUT2D eigenvalue weighted by atomic mass is 35.5. The van der Waals surface area contributed by atoms with Crippen molar-refractivity contribution >= 4 is 33.6 Å². The van der Waals surface area contributed by atoms with Gasteiger partial charge in [-0.05, 0) is 6.07 Å². The molecule has 0 unspecified atom stereocenters. The van der Waals surface area contributed by atoms with Crippen molar-refractivity contribution in [2.75, 3.05) is 5.75 Å². The Labute approximate surface area is 131 Å². The number of hydrogen-bond donors (Lipinski definition) is 1. The van der Waals surface area contributed by atoms with Gasteiger partial charge in [0, 0.05) is 24.2 Å². The molecule has 0 saturated heterocycles. The highest BCUT2D eigenvalue weighted by Crippen LogP contribution is 2.06. The predicted molar refractivity (Wildman–Crippen MR) is 81.0 cm³/mol. The second-order valence-electron chi connectivity index (χ2n) is 4.29. The van der Waals surface area contributed by atoms with Gasteiger partial charge in [0.05, 0.1) is 17.4 Å². The van der Waals surface area contributed by atoms with Crippen LogP contribution in [0.1, 0.15) is 5.56 Å². The first kappa shape index (κ1) is 16.1. The molecule has 8 nitrogen and oxygen atoms in total. The number of pyridine rings is 1. The number of nitrogens with zero attached hydrogens (tertiary/aromatic N) is 4. The Kier molecular flexibility index (Phi) is 5.23. The van der Waals surface area contributed by atoms with E-state index in [1.54, 1.807) is 24.5 Å². The van der Waals surface area contributed by atoms with Crippen molar-refractivity contribution in [1.82, 2.24) is 20.2 Å². The van der Waals surface area contributed by atoms with Crippen molar-refractivity contribution in [3.63, 3.8) is 0 Å². The van der Waals surface area contributed by atoms with Crippen molar-refractivity contribution in [2.24, 2.45) is 5.10 Å². The van der Waals surface area contributed by atoms with Crippen LogP contribution in [0.2, 0.25) is 5.02 Å². The molecule has 2 aromatic rings. The van der Waals surface area contributed by atoms with E-state index in [0.717, 1.165) is 4.68 Å². The smallest absolute Gasteiger partial charge is 0.255 e.